The van der Waals surface area contributed by atoms with Gasteiger partial charge in [-0.15, -0.1) is 0 Å². The second-order valence-corrected chi connectivity index (χ2v) is 8.44. The zero-order valence-corrected chi connectivity index (χ0v) is 18.1. The number of nitrogens with zero attached hydrogens (tertiary/aromatic N) is 4. The van der Waals surface area contributed by atoms with Gasteiger partial charge in [-0.1, -0.05) is 24.9 Å². The van der Waals surface area contributed by atoms with Gasteiger partial charge < -0.3 is 10.6 Å². The summed E-state index contributed by atoms with van der Waals surface area (Å²) in [5.74, 6) is -0.158. The summed E-state index contributed by atoms with van der Waals surface area (Å²) in [7, 11) is 0. The molecular weight excluding hydrogens is 393 g/mol. The van der Waals surface area contributed by atoms with Crippen molar-refractivity contribution in [2.24, 2.45) is 10.7 Å². The van der Waals surface area contributed by atoms with Crippen LogP contribution in [0.1, 0.15) is 56.6 Å². The fraction of sp³-hybridized carbons (Fsp3) is 0.476. The molecule has 2 aromatic rings. The topological polar surface area (TPSA) is 76.5 Å². The molecule has 8 heteroatoms. The van der Waals surface area contributed by atoms with Crippen LogP contribution in [-0.4, -0.2) is 38.5 Å². The number of benzene rings is 1. The minimum Gasteiger partial charge on any atom is -0.365 e. The first-order chi connectivity index (χ1) is 13.6. The summed E-state index contributed by atoms with van der Waals surface area (Å²) >= 11 is 5.92. The summed E-state index contributed by atoms with van der Waals surface area (Å²) in [6, 6.07) is 4.29. The van der Waals surface area contributed by atoms with E-state index in [0.717, 1.165) is 30.9 Å². The zero-order valence-electron chi connectivity index (χ0n) is 17.3. The number of amides is 1. The lowest BCUT2D eigenvalue weighted by Gasteiger charge is -2.31. The normalized spacial score (nSPS) is 14.8. The summed E-state index contributed by atoms with van der Waals surface area (Å²) in [5, 5.41) is 4.56. The fourth-order valence-corrected chi connectivity index (χ4v) is 4.06. The van der Waals surface area contributed by atoms with Crippen molar-refractivity contribution in [3.8, 4) is 11.3 Å². The highest BCUT2D eigenvalue weighted by atomic mass is 35.5. The lowest BCUT2D eigenvalue weighted by Crippen LogP contribution is -2.39. The molecule has 6 nitrogen and oxygen atoms in total. The van der Waals surface area contributed by atoms with Gasteiger partial charge in [-0.05, 0) is 45.4 Å². The summed E-state index contributed by atoms with van der Waals surface area (Å²) in [4.78, 5) is 19.3. The molecule has 2 N–H and O–H groups in total. The third kappa shape index (κ3) is 4.45. The Hall–Kier alpha value is -2.41. The van der Waals surface area contributed by atoms with Gasteiger partial charge in [0, 0.05) is 12.1 Å². The number of hydrogen-bond acceptors (Lipinski definition) is 3. The van der Waals surface area contributed by atoms with Crippen LogP contribution in [0, 0.1) is 5.82 Å². The number of aliphatic imine (C=N–C) groups is 1. The Balaban J connectivity index is 1.98. The number of fused-ring (bicyclic) bond motifs is 1. The Morgan fingerprint density at radius 1 is 1.38 bits per heavy atom. The monoisotopic (exact) mass is 419 g/mol. The van der Waals surface area contributed by atoms with Gasteiger partial charge in [0.1, 0.15) is 11.5 Å². The van der Waals surface area contributed by atoms with Crippen LogP contribution in [0.5, 0.6) is 0 Å². The number of carbonyl (C=O) groups excluding carboxylic acids is 1. The van der Waals surface area contributed by atoms with Crippen LogP contribution in [0.4, 0.5) is 4.39 Å². The Morgan fingerprint density at radius 2 is 2.10 bits per heavy atom. The molecule has 1 aliphatic heterocycles. The van der Waals surface area contributed by atoms with Crippen molar-refractivity contribution in [2.75, 3.05) is 6.54 Å². The van der Waals surface area contributed by atoms with Gasteiger partial charge in [-0.2, -0.15) is 5.10 Å². The van der Waals surface area contributed by atoms with Crippen LogP contribution in [0.2, 0.25) is 5.02 Å². The van der Waals surface area contributed by atoms with Crippen LogP contribution < -0.4 is 5.73 Å². The van der Waals surface area contributed by atoms with E-state index in [1.165, 1.54) is 12.1 Å². The molecule has 1 aromatic heterocycles. The lowest BCUT2D eigenvalue weighted by molar-refractivity contribution is 0.0998. The molecule has 29 heavy (non-hydrogen) atoms. The van der Waals surface area contributed by atoms with Gasteiger partial charge in [0.05, 0.1) is 40.7 Å². The molecule has 0 atom stereocenters. The maximum Gasteiger partial charge on any atom is 0.252 e. The molecule has 0 bridgehead atoms. The van der Waals surface area contributed by atoms with Crippen LogP contribution in [0.25, 0.3) is 11.3 Å². The number of rotatable bonds is 5. The van der Waals surface area contributed by atoms with Gasteiger partial charge in [-0.3, -0.25) is 14.5 Å². The number of aromatic nitrogens is 2. The molecule has 0 fully saturated rings. The van der Waals surface area contributed by atoms with Crippen molar-refractivity contribution in [2.45, 2.75) is 59.2 Å². The first kappa shape index (κ1) is 21.3. The molecule has 0 saturated carbocycles. The highest BCUT2D eigenvalue weighted by Crippen LogP contribution is 2.31. The zero-order chi connectivity index (χ0) is 21.3. The van der Waals surface area contributed by atoms with Gasteiger partial charge >= 0.3 is 0 Å². The SMILES string of the molecule is CCCC(C)(C)N=C(C)N1CCn2nc(-c3ccc(F)c(Cl)c3)c(C(N)=O)c2C1. The molecule has 0 spiro atoms. The number of carbonyl (C=O) groups is 1. The third-order valence-corrected chi connectivity index (χ3v) is 5.49. The molecule has 0 radical (unpaired) electrons. The largest absolute Gasteiger partial charge is 0.365 e. The Labute approximate surface area is 175 Å². The van der Waals surface area contributed by atoms with Crippen LogP contribution in [-0.2, 0) is 13.1 Å². The molecule has 156 valence electrons. The molecule has 0 saturated heterocycles. The number of hydrogen-bond donors (Lipinski definition) is 1. The predicted octanol–water partition coefficient (Wildman–Crippen LogP) is 4.25. The minimum atomic E-state index is -0.565. The first-order valence-corrected chi connectivity index (χ1v) is 10.2. The van der Waals surface area contributed by atoms with Crippen molar-refractivity contribution in [1.29, 1.82) is 0 Å². The Bertz CT molecular complexity index is 966. The molecule has 1 aromatic carbocycles. The van der Waals surface area contributed by atoms with Crippen molar-refractivity contribution in [1.82, 2.24) is 14.7 Å². The molecule has 2 heterocycles. The van der Waals surface area contributed by atoms with Crippen molar-refractivity contribution in [3.63, 3.8) is 0 Å². The van der Waals surface area contributed by atoms with Crippen LogP contribution in [0.3, 0.4) is 0 Å². The number of primary amides is 1. The lowest BCUT2D eigenvalue weighted by atomic mass is 10.00. The molecular formula is C21H27ClFN5O. The quantitative estimate of drug-likeness (QED) is 0.581. The number of amidine groups is 1. The molecule has 0 unspecified atom stereocenters. The van der Waals surface area contributed by atoms with E-state index in [4.69, 9.17) is 22.3 Å². The summed E-state index contributed by atoms with van der Waals surface area (Å²) in [6.45, 7) is 10.2. The van der Waals surface area contributed by atoms with Gasteiger partial charge in [-0.25, -0.2) is 4.39 Å². The van der Waals surface area contributed by atoms with Gasteiger partial charge in [0.25, 0.3) is 5.91 Å². The maximum atomic E-state index is 13.6. The average Bonchev–Trinajstić information content (AvgIpc) is 3.02. The smallest absolute Gasteiger partial charge is 0.252 e. The highest BCUT2D eigenvalue weighted by molar-refractivity contribution is 6.31. The Morgan fingerprint density at radius 3 is 2.72 bits per heavy atom. The number of nitrogens with two attached hydrogens (primary N) is 1. The summed E-state index contributed by atoms with van der Waals surface area (Å²) in [5.41, 5.74) is 7.64. The maximum absolute atomic E-state index is 13.6. The summed E-state index contributed by atoms with van der Waals surface area (Å²) < 4.78 is 15.4. The van der Waals surface area contributed by atoms with Gasteiger partial charge in [0.15, 0.2) is 0 Å². The highest BCUT2D eigenvalue weighted by Gasteiger charge is 2.29. The molecule has 3 rings (SSSR count). The second-order valence-electron chi connectivity index (χ2n) is 8.03. The first-order valence-electron chi connectivity index (χ1n) is 9.79. The van der Waals surface area contributed by atoms with Gasteiger partial charge in [0.2, 0.25) is 0 Å². The summed E-state index contributed by atoms with van der Waals surface area (Å²) in [6.07, 6.45) is 2.06. The predicted molar refractivity (Wildman–Crippen MR) is 114 cm³/mol. The van der Waals surface area contributed by atoms with Crippen molar-refractivity contribution < 1.29 is 9.18 Å². The fourth-order valence-electron chi connectivity index (χ4n) is 3.87. The van der Waals surface area contributed by atoms with Crippen molar-refractivity contribution in [3.05, 3.63) is 40.3 Å². The van der Waals surface area contributed by atoms with E-state index in [-0.39, 0.29) is 10.6 Å². The minimum absolute atomic E-state index is 0.0216. The van der Waals surface area contributed by atoms with E-state index in [1.807, 2.05) is 6.92 Å². The van der Waals surface area contributed by atoms with E-state index in [9.17, 15) is 9.18 Å². The van der Waals surface area contributed by atoms with E-state index in [0.29, 0.717) is 29.9 Å². The van der Waals surface area contributed by atoms with E-state index in [2.05, 4.69) is 30.8 Å². The molecule has 1 aliphatic rings. The standard InChI is InChI=1S/C21H27ClFN5O/c1-5-8-21(3,4)25-13(2)27-9-10-28-17(12-27)18(20(24)29)19(26-28)14-6-7-16(23)15(22)11-14/h6-7,11H,5,8-10,12H2,1-4H3,(H2,24,29). The second kappa shape index (κ2) is 8.14. The van der Waals surface area contributed by atoms with E-state index in [1.54, 1.807) is 10.7 Å². The van der Waals surface area contributed by atoms with Crippen molar-refractivity contribution >= 4 is 23.3 Å². The molecule has 1 amide bonds. The van der Waals surface area contributed by atoms with E-state index >= 15 is 0 Å². The average molecular weight is 420 g/mol. The van der Waals surface area contributed by atoms with Crippen LogP contribution >= 0.6 is 11.6 Å². The van der Waals surface area contributed by atoms with Crippen LogP contribution in [0.15, 0.2) is 23.2 Å². The third-order valence-electron chi connectivity index (χ3n) is 5.20. The van der Waals surface area contributed by atoms with E-state index < -0.39 is 11.7 Å². The number of halogens is 2. The molecule has 0 aliphatic carbocycles. The Kier molecular flexibility index (Phi) is 5.98.